The number of aliphatic carboxylic acids is 1. The first-order chi connectivity index (χ1) is 18.2. The summed E-state index contributed by atoms with van der Waals surface area (Å²) < 4.78 is 39.2. The Morgan fingerprint density at radius 3 is 2.08 bits per heavy atom. The number of nitrogens with one attached hydrogen (secondary N) is 1. The van der Waals surface area contributed by atoms with Gasteiger partial charge in [-0.15, -0.1) is 0 Å². The first kappa shape index (κ1) is 26.7. The Kier molecular flexibility index (Phi) is 8.27. The lowest BCUT2D eigenvalue weighted by Gasteiger charge is -2.19. The summed E-state index contributed by atoms with van der Waals surface area (Å²) in [6, 6.07) is 19.0. The molecule has 1 aliphatic rings. The van der Waals surface area contributed by atoms with Crippen LogP contribution in [0.3, 0.4) is 0 Å². The molecule has 1 heterocycles. The molecule has 0 radical (unpaired) electrons. The van der Waals surface area contributed by atoms with Crippen molar-refractivity contribution in [2.45, 2.75) is 32.5 Å². The molecule has 0 bridgehead atoms. The molecule has 0 saturated carbocycles. The fourth-order valence-electron chi connectivity index (χ4n) is 4.08. The third-order valence-electron chi connectivity index (χ3n) is 6.05. The highest BCUT2D eigenvalue weighted by Gasteiger charge is 2.31. The number of benzene rings is 2. The Hall–Kier alpha value is -4.38. The lowest BCUT2D eigenvalue weighted by molar-refractivity contribution is -0.141. The molecule has 2 aromatic carbocycles. The normalized spacial score (nSPS) is 15.3. The first-order valence-corrected chi connectivity index (χ1v) is 13.3. The van der Waals surface area contributed by atoms with Gasteiger partial charge in [-0.25, -0.2) is 18.3 Å². The SMILES string of the molecule is O=C(NS(=O)(=O)n1ccc(C2=CCC(C(=O)O)CC2)c1C(=O)OCc1ccccc1)OCc1ccccc1. The summed E-state index contributed by atoms with van der Waals surface area (Å²) in [6.07, 6.45) is 2.52. The molecule has 3 aromatic rings. The number of carbonyl (C=O) groups is 3. The number of carboxylic acid groups (broad SMARTS) is 1. The molecule has 38 heavy (non-hydrogen) atoms. The molecule has 2 N–H and O–H groups in total. The maximum atomic E-state index is 13.2. The minimum absolute atomic E-state index is 0.100. The average molecular weight is 539 g/mol. The molecule has 1 amide bonds. The summed E-state index contributed by atoms with van der Waals surface area (Å²) in [7, 11) is -4.59. The summed E-state index contributed by atoms with van der Waals surface area (Å²) in [5, 5.41) is 9.29. The number of esters is 1. The smallest absolute Gasteiger partial charge is 0.422 e. The quantitative estimate of drug-likeness (QED) is 0.388. The van der Waals surface area contributed by atoms with Gasteiger partial charge >= 0.3 is 28.2 Å². The number of hydrogen-bond acceptors (Lipinski definition) is 7. The van der Waals surface area contributed by atoms with E-state index in [-0.39, 0.29) is 30.9 Å². The molecule has 1 aromatic heterocycles. The van der Waals surface area contributed by atoms with Gasteiger partial charge in [0.2, 0.25) is 0 Å². The number of hydrogen-bond donors (Lipinski definition) is 2. The van der Waals surface area contributed by atoms with Crippen molar-refractivity contribution < 1.29 is 37.4 Å². The van der Waals surface area contributed by atoms with Crippen LogP contribution in [-0.2, 0) is 37.7 Å². The van der Waals surface area contributed by atoms with Crippen LogP contribution in [0.4, 0.5) is 4.79 Å². The van der Waals surface area contributed by atoms with Gasteiger partial charge in [0, 0.05) is 11.8 Å². The van der Waals surface area contributed by atoms with Crippen LogP contribution < -0.4 is 4.72 Å². The molecule has 198 valence electrons. The van der Waals surface area contributed by atoms with Crippen molar-refractivity contribution >= 4 is 33.8 Å². The summed E-state index contributed by atoms with van der Waals surface area (Å²) in [4.78, 5) is 36.8. The average Bonchev–Trinajstić information content (AvgIpc) is 3.38. The number of carbonyl (C=O) groups excluding carboxylic acids is 2. The Labute approximate surface area is 219 Å². The molecule has 0 aliphatic heterocycles. The van der Waals surface area contributed by atoms with Crippen LogP contribution in [-0.4, -0.2) is 35.5 Å². The van der Waals surface area contributed by atoms with Crippen molar-refractivity contribution in [3.8, 4) is 0 Å². The molecule has 4 rings (SSSR count). The third kappa shape index (κ3) is 6.48. The highest BCUT2D eigenvalue weighted by molar-refractivity contribution is 7.88. The molecule has 0 fully saturated rings. The molecule has 0 saturated heterocycles. The zero-order valence-electron chi connectivity index (χ0n) is 20.3. The van der Waals surface area contributed by atoms with Gasteiger partial charge in [0.1, 0.15) is 13.2 Å². The van der Waals surface area contributed by atoms with Crippen LogP contribution in [0.5, 0.6) is 0 Å². The fourth-order valence-corrected chi connectivity index (χ4v) is 5.08. The second-order valence-corrected chi connectivity index (χ2v) is 10.2. The van der Waals surface area contributed by atoms with Gasteiger partial charge in [0.05, 0.1) is 5.92 Å². The summed E-state index contributed by atoms with van der Waals surface area (Å²) in [5.41, 5.74) is 1.97. The Bertz CT molecular complexity index is 1450. The van der Waals surface area contributed by atoms with E-state index in [4.69, 9.17) is 9.47 Å². The fraction of sp³-hybridized carbons (Fsp3) is 0.222. The van der Waals surface area contributed by atoms with Crippen molar-refractivity contribution in [3.05, 3.63) is 101 Å². The zero-order chi connectivity index (χ0) is 27.1. The maximum Gasteiger partial charge on any atom is 0.422 e. The number of amides is 1. The Balaban J connectivity index is 1.58. The van der Waals surface area contributed by atoms with E-state index in [0.717, 1.165) is 6.20 Å². The molecule has 11 heteroatoms. The molecule has 0 spiro atoms. The number of nitrogens with zero attached hydrogens (tertiary/aromatic N) is 1. The van der Waals surface area contributed by atoms with Gasteiger partial charge < -0.3 is 14.6 Å². The van der Waals surface area contributed by atoms with Crippen LogP contribution >= 0.6 is 0 Å². The lowest BCUT2D eigenvalue weighted by Crippen LogP contribution is -2.36. The number of carboxylic acids is 1. The van der Waals surface area contributed by atoms with E-state index in [1.807, 2.05) is 10.8 Å². The van der Waals surface area contributed by atoms with Crippen molar-refractivity contribution in [3.63, 3.8) is 0 Å². The van der Waals surface area contributed by atoms with E-state index in [1.54, 1.807) is 60.7 Å². The Morgan fingerprint density at radius 1 is 0.921 bits per heavy atom. The van der Waals surface area contributed by atoms with Crippen molar-refractivity contribution in [1.82, 2.24) is 8.69 Å². The monoisotopic (exact) mass is 538 g/mol. The van der Waals surface area contributed by atoms with E-state index in [2.05, 4.69) is 0 Å². The van der Waals surface area contributed by atoms with E-state index in [1.165, 1.54) is 6.07 Å². The number of rotatable bonds is 9. The topological polar surface area (TPSA) is 141 Å². The lowest BCUT2D eigenvalue weighted by atomic mass is 9.86. The molecular formula is C27H26N2O8S. The van der Waals surface area contributed by atoms with Crippen LogP contribution in [0.1, 0.15) is 46.4 Å². The second-order valence-electron chi connectivity index (χ2n) is 8.64. The van der Waals surface area contributed by atoms with Crippen LogP contribution in [0.15, 0.2) is 79.0 Å². The third-order valence-corrected chi connectivity index (χ3v) is 7.30. The van der Waals surface area contributed by atoms with E-state index < -0.39 is 34.2 Å². The highest BCUT2D eigenvalue weighted by Crippen LogP contribution is 2.33. The van der Waals surface area contributed by atoms with Gasteiger partial charge in [-0.3, -0.25) is 4.79 Å². The molecule has 1 unspecified atom stereocenters. The summed E-state index contributed by atoms with van der Waals surface area (Å²) in [5.74, 6) is -2.39. The highest BCUT2D eigenvalue weighted by atomic mass is 32.2. The number of ether oxygens (including phenoxy) is 2. The Morgan fingerprint density at radius 2 is 1.53 bits per heavy atom. The number of aromatic nitrogens is 1. The van der Waals surface area contributed by atoms with Gasteiger partial charge in [-0.1, -0.05) is 66.7 Å². The largest absolute Gasteiger partial charge is 0.481 e. The second kappa shape index (κ2) is 11.8. The number of allylic oxidation sites excluding steroid dienone is 2. The van der Waals surface area contributed by atoms with Gasteiger partial charge in [0.15, 0.2) is 5.69 Å². The van der Waals surface area contributed by atoms with Crippen molar-refractivity contribution in [2.24, 2.45) is 5.92 Å². The van der Waals surface area contributed by atoms with Gasteiger partial charge in [-0.2, -0.15) is 8.42 Å². The van der Waals surface area contributed by atoms with E-state index >= 15 is 0 Å². The summed E-state index contributed by atoms with van der Waals surface area (Å²) >= 11 is 0. The van der Waals surface area contributed by atoms with Crippen LogP contribution in [0, 0.1) is 5.92 Å². The minimum Gasteiger partial charge on any atom is -0.481 e. The summed E-state index contributed by atoms with van der Waals surface area (Å²) in [6.45, 7) is -0.250. The molecule has 1 atom stereocenters. The maximum absolute atomic E-state index is 13.2. The van der Waals surface area contributed by atoms with Crippen LogP contribution in [0.2, 0.25) is 0 Å². The molecular weight excluding hydrogens is 512 g/mol. The van der Waals surface area contributed by atoms with Crippen molar-refractivity contribution in [2.75, 3.05) is 0 Å². The predicted molar refractivity (Wildman–Crippen MR) is 137 cm³/mol. The van der Waals surface area contributed by atoms with Crippen LogP contribution in [0.25, 0.3) is 5.57 Å². The predicted octanol–water partition coefficient (Wildman–Crippen LogP) is 4.13. The first-order valence-electron chi connectivity index (χ1n) is 11.8. The molecule has 1 aliphatic carbocycles. The van der Waals surface area contributed by atoms with Crippen molar-refractivity contribution in [1.29, 1.82) is 0 Å². The molecule has 10 nitrogen and oxygen atoms in total. The standard InChI is InChI=1S/C27H26N2O8S/c30-25(31)22-13-11-21(12-14-22)23-15-16-29(24(23)26(32)36-17-19-7-3-1-4-8-19)38(34,35)28-27(33)37-18-20-9-5-2-6-10-20/h1-11,15-16,22H,12-14,17-18H2,(H,28,33)(H,30,31). The van der Waals surface area contributed by atoms with E-state index in [0.29, 0.717) is 33.5 Å². The van der Waals surface area contributed by atoms with Gasteiger partial charge in [0.25, 0.3) is 0 Å². The minimum atomic E-state index is -4.59. The van der Waals surface area contributed by atoms with Gasteiger partial charge in [-0.05, 0) is 42.0 Å². The zero-order valence-corrected chi connectivity index (χ0v) is 21.1. The van der Waals surface area contributed by atoms with E-state index in [9.17, 15) is 27.9 Å².